The average molecular weight is 311 g/mol. The first kappa shape index (κ1) is 14.7. The van der Waals surface area contributed by atoms with Gasteiger partial charge in [0.25, 0.3) is 5.91 Å². The third-order valence-electron chi connectivity index (χ3n) is 2.74. The Morgan fingerprint density at radius 1 is 1.45 bits per heavy atom. The molecule has 1 aliphatic heterocycles. The number of aliphatic carboxylic acids is 1. The van der Waals surface area contributed by atoms with Crippen LogP contribution in [0.25, 0.3) is 6.08 Å². The monoisotopic (exact) mass is 311 g/mol. The lowest BCUT2D eigenvalue weighted by Gasteiger charge is -2.18. The predicted molar refractivity (Wildman–Crippen MR) is 78.5 cm³/mol. The Bertz CT molecular complexity index is 613. The van der Waals surface area contributed by atoms with Crippen molar-refractivity contribution < 1.29 is 19.1 Å². The minimum atomic E-state index is -1.12. The van der Waals surface area contributed by atoms with Crippen LogP contribution in [0.1, 0.15) is 12.5 Å². The van der Waals surface area contributed by atoms with Crippen LogP contribution in [-0.2, 0) is 9.59 Å². The summed E-state index contributed by atoms with van der Waals surface area (Å²) >= 11 is 6.07. The molecule has 0 spiro atoms. The standard InChI is InChI=1S/C13H10FNO3S2/c1-7(12(17)18)15-11(16)10(20-13(15)19)6-8-2-4-9(14)5-3-8/h2-7H,1H3,(H,17,18)/b10-6+/t7-/m1/s1. The van der Waals surface area contributed by atoms with E-state index in [1.807, 2.05) is 0 Å². The number of thiocarbonyl (C=S) groups is 1. The van der Waals surface area contributed by atoms with Gasteiger partial charge in [-0.1, -0.05) is 36.1 Å². The molecule has 0 unspecified atom stereocenters. The summed E-state index contributed by atoms with van der Waals surface area (Å²) in [5, 5.41) is 8.96. The van der Waals surface area contributed by atoms with Gasteiger partial charge in [0.15, 0.2) is 0 Å². The van der Waals surface area contributed by atoms with Gasteiger partial charge < -0.3 is 5.11 Å². The summed E-state index contributed by atoms with van der Waals surface area (Å²) in [6.45, 7) is 1.40. The Morgan fingerprint density at radius 2 is 2.05 bits per heavy atom. The normalized spacial score (nSPS) is 18.7. The molecule has 1 aliphatic rings. The molecular formula is C13H10FNO3S2. The number of carbonyl (C=O) groups excluding carboxylic acids is 1. The van der Waals surface area contributed by atoms with Crippen LogP contribution in [0.2, 0.25) is 0 Å². The Balaban J connectivity index is 2.28. The number of carboxylic acids is 1. The number of hydrogen-bond acceptors (Lipinski definition) is 4. The Kier molecular flexibility index (Phi) is 4.20. The van der Waals surface area contributed by atoms with Crippen LogP contribution in [0.3, 0.4) is 0 Å². The first-order chi connectivity index (χ1) is 9.40. The van der Waals surface area contributed by atoms with Crippen LogP contribution < -0.4 is 0 Å². The molecule has 1 atom stereocenters. The van der Waals surface area contributed by atoms with Crippen molar-refractivity contribution in [3.05, 3.63) is 40.6 Å². The topological polar surface area (TPSA) is 57.6 Å². The summed E-state index contributed by atoms with van der Waals surface area (Å²) in [5.41, 5.74) is 0.648. The fraction of sp³-hybridized carbons (Fsp3) is 0.154. The molecule has 1 amide bonds. The fourth-order valence-electron chi connectivity index (χ4n) is 1.63. The lowest BCUT2D eigenvalue weighted by Crippen LogP contribution is -2.41. The molecule has 0 saturated carbocycles. The van der Waals surface area contributed by atoms with Crippen molar-refractivity contribution in [2.45, 2.75) is 13.0 Å². The molecule has 1 fully saturated rings. The molecule has 1 aromatic carbocycles. The fourth-order valence-corrected chi connectivity index (χ4v) is 3.05. The van der Waals surface area contributed by atoms with Gasteiger partial charge in [0.1, 0.15) is 16.2 Å². The van der Waals surface area contributed by atoms with E-state index in [0.717, 1.165) is 16.7 Å². The maximum Gasteiger partial charge on any atom is 0.326 e. The van der Waals surface area contributed by atoms with Crippen molar-refractivity contribution in [3.8, 4) is 0 Å². The smallest absolute Gasteiger partial charge is 0.326 e. The quantitative estimate of drug-likeness (QED) is 0.686. The van der Waals surface area contributed by atoms with Crippen molar-refractivity contribution in [2.75, 3.05) is 0 Å². The summed E-state index contributed by atoms with van der Waals surface area (Å²) in [6.07, 6.45) is 1.56. The van der Waals surface area contributed by atoms with E-state index in [4.69, 9.17) is 17.3 Å². The van der Waals surface area contributed by atoms with Crippen molar-refractivity contribution in [1.29, 1.82) is 0 Å². The number of carboxylic acid groups (broad SMARTS) is 1. The molecule has 1 heterocycles. The number of thioether (sulfide) groups is 1. The molecule has 0 radical (unpaired) electrons. The Morgan fingerprint density at radius 3 is 2.60 bits per heavy atom. The maximum absolute atomic E-state index is 12.8. The number of halogens is 1. The molecule has 4 nitrogen and oxygen atoms in total. The van der Waals surface area contributed by atoms with E-state index >= 15 is 0 Å². The number of rotatable bonds is 3. The van der Waals surface area contributed by atoms with Crippen molar-refractivity contribution in [2.24, 2.45) is 0 Å². The van der Waals surface area contributed by atoms with Crippen LogP contribution in [0.15, 0.2) is 29.2 Å². The number of hydrogen-bond donors (Lipinski definition) is 1. The van der Waals surface area contributed by atoms with Gasteiger partial charge in [-0.25, -0.2) is 9.18 Å². The zero-order chi connectivity index (χ0) is 14.9. The Hall–Kier alpha value is -1.73. The highest BCUT2D eigenvalue weighted by Gasteiger charge is 2.38. The highest BCUT2D eigenvalue weighted by molar-refractivity contribution is 8.26. The first-order valence-corrected chi connectivity index (χ1v) is 6.88. The van der Waals surface area contributed by atoms with E-state index in [-0.39, 0.29) is 10.1 Å². The van der Waals surface area contributed by atoms with E-state index < -0.39 is 17.9 Å². The summed E-state index contributed by atoms with van der Waals surface area (Å²) < 4.78 is 13.0. The average Bonchev–Trinajstić information content (AvgIpc) is 2.66. The number of amides is 1. The summed E-state index contributed by atoms with van der Waals surface area (Å²) in [4.78, 5) is 24.5. The molecule has 0 aliphatic carbocycles. The van der Waals surface area contributed by atoms with Gasteiger partial charge in [0, 0.05) is 0 Å². The van der Waals surface area contributed by atoms with Gasteiger partial charge >= 0.3 is 5.97 Å². The van der Waals surface area contributed by atoms with Crippen LogP contribution >= 0.6 is 24.0 Å². The predicted octanol–water partition coefficient (Wildman–Crippen LogP) is 2.50. The molecule has 7 heteroatoms. The second kappa shape index (κ2) is 5.72. The third kappa shape index (κ3) is 2.88. The molecule has 2 rings (SSSR count). The van der Waals surface area contributed by atoms with E-state index in [1.165, 1.54) is 31.2 Å². The minimum Gasteiger partial charge on any atom is -0.480 e. The SMILES string of the molecule is C[C@H](C(=O)O)N1C(=O)/C(=C\c2ccc(F)cc2)SC1=S. The second-order valence-electron chi connectivity index (χ2n) is 4.12. The zero-order valence-corrected chi connectivity index (χ0v) is 12.0. The van der Waals surface area contributed by atoms with E-state index in [2.05, 4.69) is 0 Å². The molecule has 104 valence electrons. The molecule has 20 heavy (non-hydrogen) atoms. The van der Waals surface area contributed by atoms with E-state index in [1.54, 1.807) is 6.08 Å². The van der Waals surface area contributed by atoms with Crippen molar-refractivity contribution in [3.63, 3.8) is 0 Å². The molecular weight excluding hydrogens is 301 g/mol. The molecule has 0 bridgehead atoms. The van der Waals surface area contributed by atoms with Crippen molar-refractivity contribution >= 4 is 46.3 Å². The van der Waals surface area contributed by atoms with Gasteiger partial charge in [-0.05, 0) is 30.7 Å². The molecule has 0 aromatic heterocycles. The minimum absolute atomic E-state index is 0.207. The number of benzene rings is 1. The van der Waals surface area contributed by atoms with Gasteiger partial charge in [0.05, 0.1) is 4.91 Å². The summed E-state index contributed by atoms with van der Waals surface area (Å²) in [7, 11) is 0. The lowest BCUT2D eigenvalue weighted by atomic mass is 10.2. The largest absolute Gasteiger partial charge is 0.480 e. The second-order valence-corrected chi connectivity index (χ2v) is 5.79. The van der Waals surface area contributed by atoms with Crippen LogP contribution in [0.5, 0.6) is 0 Å². The van der Waals surface area contributed by atoms with Crippen molar-refractivity contribution in [1.82, 2.24) is 4.90 Å². The van der Waals surface area contributed by atoms with Gasteiger partial charge in [-0.3, -0.25) is 9.69 Å². The molecule has 1 saturated heterocycles. The van der Waals surface area contributed by atoms with Crippen LogP contribution in [0, 0.1) is 5.82 Å². The molecule has 1 aromatic rings. The highest BCUT2D eigenvalue weighted by Crippen LogP contribution is 2.33. The van der Waals surface area contributed by atoms with Crippen LogP contribution in [0.4, 0.5) is 4.39 Å². The van der Waals surface area contributed by atoms with E-state index in [0.29, 0.717) is 10.5 Å². The van der Waals surface area contributed by atoms with Gasteiger partial charge in [-0.15, -0.1) is 0 Å². The molecule has 1 N–H and O–H groups in total. The lowest BCUT2D eigenvalue weighted by molar-refractivity contribution is -0.144. The summed E-state index contributed by atoms with van der Waals surface area (Å²) in [5.74, 6) is -1.93. The van der Waals surface area contributed by atoms with Gasteiger partial charge in [0.2, 0.25) is 0 Å². The number of carbonyl (C=O) groups is 2. The maximum atomic E-state index is 12.8. The zero-order valence-electron chi connectivity index (χ0n) is 10.4. The number of nitrogens with zero attached hydrogens (tertiary/aromatic N) is 1. The highest BCUT2D eigenvalue weighted by atomic mass is 32.2. The summed E-state index contributed by atoms with van der Waals surface area (Å²) in [6, 6.07) is 4.62. The third-order valence-corrected chi connectivity index (χ3v) is 4.07. The van der Waals surface area contributed by atoms with Gasteiger partial charge in [-0.2, -0.15) is 0 Å². The first-order valence-electron chi connectivity index (χ1n) is 5.65. The van der Waals surface area contributed by atoms with Crippen LogP contribution in [-0.4, -0.2) is 32.2 Å². The van der Waals surface area contributed by atoms with E-state index in [9.17, 15) is 14.0 Å². The Labute approximate surface area is 124 Å².